The molecule has 3 rings (SSSR count). The molecule has 1 aliphatic heterocycles. The van der Waals surface area contributed by atoms with Gasteiger partial charge in [-0.1, -0.05) is 11.6 Å². The van der Waals surface area contributed by atoms with E-state index in [1.165, 1.54) is 4.90 Å². The molecule has 1 saturated heterocycles. The van der Waals surface area contributed by atoms with E-state index >= 15 is 0 Å². The highest BCUT2D eigenvalue weighted by atomic mass is 35.5. The minimum Gasteiger partial charge on any atom is -0.451 e. The summed E-state index contributed by atoms with van der Waals surface area (Å²) in [6.45, 7) is -1.34. The summed E-state index contributed by atoms with van der Waals surface area (Å²) in [4.78, 5) is 49.2. The maximum absolute atomic E-state index is 12.5. The van der Waals surface area contributed by atoms with Crippen molar-refractivity contribution in [2.24, 2.45) is 0 Å². The molecule has 2 heterocycles. The smallest absolute Gasteiger partial charge is 0.451 e. The van der Waals surface area contributed by atoms with Crippen LogP contribution >= 0.6 is 11.6 Å². The van der Waals surface area contributed by atoms with Crippen molar-refractivity contribution in [1.29, 1.82) is 0 Å². The second-order valence-electron chi connectivity index (χ2n) is 7.34. The van der Waals surface area contributed by atoms with Crippen LogP contribution in [-0.4, -0.2) is 67.4 Å². The molecule has 3 N–H and O–H groups in total. The molecule has 0 saturated carbocycles. The first-order valence-electron chi connectivity index (χ1n) is 10.2. The van der Waals surface area contributed by atoms with Gasteiger partial charge in [-0.25, -0.2) is 10.2 Å². The average molecular weight is 521 g/mol. The minimum atomic E-state index is -4.86. The number of benzene rings is 1. The lowest BCUT2D eigenvalue weighted by molar-refractivity contribution is -0.326. The second kappa shape index (κ2) is 11.3. The third kappa shape index (κ3) is 7.75. The molecule has 1 aliphatic rings. The molecule has 0 bridgehead atoms. The number of fused-ring (bicyclic) bond motifs is 1. The van der Waals surface area contributed by atoms with Crippen LogP contribution < -0.4 is 16.2 Å². The number of halogens is 4. The Morgan fingerprint density at radius 1 is 1.09 bits per heavy atom. The number of hydrazine groups is 1. The number of rotatable bonds is 5. The number of carbonyl (C=O) groups is 4. The van der Waals surface area contributed by atoms with Crippen LogP contribution in [0.4, 0.5) is 18.0 Å². The maximum Gasteiger partial charge on any atom is 0.522 e. The summed E-state index contributed by atoms with van der Waals surface area (Å²) < 4.78 is 48.7. The Bertz CT molecular complexity index is 1100. The predicted octanol–water partition coefficient (Wildman–Crippen LogP) is 2.10. The summed E-state index contributed by atoms with van der Waals surface area (Å²) in [6.07, 6.45) is -5.40. The highest BCUT2D eigenvalue weighted by Gasteiger charge is 2.30. The van der Waals surface area contributed by atoms with Gasteiger partial charge in [0.15, 0.2) is 5.76 Å². The van der Waals surface area contributed by atoms with E-state index in [0.717, 1.165) is 0 Å². The Morgan fingerprint density at radius 2 is 1.80 bits per heavy atom. The van der Waals surface area contributed by atoms with E-state index in [1.807, 2.05) is 5.43 Å². The SMILES string of the molecule is O=C(NNC(=O)C(=O)N1CCC(NC(=O)c2cc3cc(Cl)ccc3o2)CC1)OCCOC(F)(F)F. The van der Waals surface area contributed by atoms with Crippen molar-refractivity contribution in [2.45, 2.75) is 25.2 Å². The van der Waals surface area contributed by atoms with Crippen LogP contribution in [0.15, 0.2) is 28.7 Å². The van der Waals surface area contributed by atoms with Crippen LogP contribution in [0.3, 0.4) is 0 Å². The number of likely N-dealkylation sites (tertiary alicyclic amines) is 1. The number of alkyl halides is 3. The van der Waals surface area contributed by atoms with Crippen molar-refractivity contribution >= 4 is 46.4 Å². The van der Waals surface area contributed by atoms with E-state index in [-0.39, 0.29) is 24.9 Å². The van der Waals surface area contributed by atoms with E-state index in [2.05, 4.69) is 14.8 Å². The van der Waals surface area contributed by atoms with Gasteiger partial charge in [-0.2, -0.15) is 0 Å². The van der Waals surface area contributed by atoms with Gasteiger partial charge in [0.1, 0.15) is 12.2 Å². The van der Waals surface area contributed by atoms with Gasteiger partial charge < -0.3 is 19.4 Å². The molecule has 0 radical (unpaired) electrons. The van der Waals surface area contributed by atoms with E-state index in [0.29, 0.717) is 28.8 Å². The van der Waals surface area contributed by atoms with Gasteiger partial charge in [-0.15, -0.1) is 13.2 Å². The molecular weight excluding hydrogens is 501 g/mol. The Labute approximate surface area is 200 Å². The minimum absolute atomic E-state index is 0.114. The van der Waals surface area contributed by atoms with Gasteiger partial charge in [0.2, 0.25) is 0 Å². The van der Waals surface area contributed by atoms with Crippen LogP contribution in [0.1, 0.15) is 23.4 Å². The van der Waals surface area contributed by atoms with Crippen molar-refractivity contribution in [2.75, 3.05) is 26.3 Å². The zero-order valence-corrected chi connectivity index (χ0v) is 18.7. The van der Waals surface area contributed by atoms with Gasteiger partial charge >= 0.3 is 24.3 Å². The number of nitrogens with zero attached hydrogens (tertiary/aromatic N) is 1. The summed E-state index contributed by atoms with van der Waals surface area (Å²) >= 11 is 5.93. The number of carbonyl (C=O) groups excluding carboxylic acids is 4. The number of amides is 4. The van der Waals surface area contributed by atoms with Crippen LogP contribution in [0, 0.1) is 0 Å². The quantitative estimate of drug-likeness (QED) is 0.312. The molecule has 15 heteroatoms. The zero-order valence-electron chi connectivity index (χ0n) is 17.9. The summed E-state index contributed by atoms with van der Waals surface area (Å²) in [5.41, 5.74) is 4.07. The third-order valence-corrected chi connectivity index (χ3v) is 5.11. The molecule has 11 nitrogen and oxygen atoms in total. The van der Waals surface area contributed by atoms with Gasteiger partial charge in [-0.3, -0.25) is 24.5 Å². The molecule has 190 valence electrons. The highest BCUT2D eigenvalue weighted by molar-refractivity contribution is 6.35. The number of furan rings is 1. The normalized spacial score (nSPS) is 14.5. The number of nitrogens with one attached hydrogen (secondary N) is 3. The molecule has 4 amide bonds. The second-order valence-corrected chi connectivity index (χ2v) is 7.78. The van der Waals surface area contributed by atoms with Crippen molar-refractivity contribution in [1.82, 2.24) is 21.1 Å². The maximum atomic E-state index is 12.5. The Morgan fingerprint density at radius 3 is 2.49 bits per heavy atom. The fraction of sp³-hybridized carbons (Fsp3) is 0.400. The van der Waals surface area contributed by atoms with Gasteiger partial charge in [0.25, 0.3) is 5.91 Å². The van der Waals surface area contributed by atoms with E-state index in [9.17, 15) is 32.3 Å². The summed E-state index contributed by atoms with van der Waals surface area (Å²) in [5, 5.41) is 4.00. The molecule has 1 aromatic carbocycles. The molecule has 35 heavy (non-hydrogen) atoms. The lowest BCUT2D eigenvalue weighted by Crippen LogP contribution is -2.53. The van der Waals surface area contributed by atoms with Gasteiger partial charge in [-0.05, 0) is 37.1 Å². The van der Waals surface area contributed by atoms with Crippen molar-refractivity contribution < 1.29 is 46.2 Å². The Balaban J connectivity index is 1.37. The molecular formula is C20H20ClF3N4O7. The van der Waals surface area contributed by atoms with Gasteiger partial charge in [0, 0.05) is 29.5 Å². The molecule has 2 aromatic rings. The van der Waals surface area contributed by atoms with E-state index in [1.54, 1.807) is 29.7 Å². The lowest BCUT2D eigenvalue weighted by Gasteiger charge is -2.31. The molecule has 0 unspecified atom stereocenters. The Hall–Kier alpha value is -3.52. The van der Waals surface area contributed by atoms with Crippen molar-refractivity contribution in [3.63, 3.8) is 0 Å². The number of ether oxygens (including phenoxy) is 2. The standard InChI is InChI=1S/C20H20ClF3N4O7/c21-12-1-2-14-11(9-12)10-15(35-14)16(29)25-13-3-5-28(6-4-13)18(31)17(30)26-27-19(32)33-7-8-34-20(22,23)24/h1-2,9-10,13H,3-8H2,(H,25,29)(H,26,30)(H,27,32). The zero-order chi connectivity index (χ0) is 25.6. The molecule has 0 aliphatic carbocycles. The number of hydrogen-bond donors (Lipinski definition) is 3. The molecule has 0 spiro atoms. The molecule has 0 atom stereocenters. The molecule has 1 fully saturated rings. The number of hydrogen-bond acceptors (Lipinski definition) is 7. The number of piperidine rings is 1. The first-order chi connectivity index (χ1) is 16.5. The first-order valence-corrected chi connectivity index (χ1v) is 10.6. The third-order valence-electron chi connectivity index (χ3n) is 4.87. The van der Waals surface area contributed by atoms with Crippen LogP contribution in [0.5, 0.6) is 0 Å². The summed E-state index contributed by atoms with van der Waals surface area (Å²) in [5.74, 6) is -2.42. The van der Waals surface area contributed by atoms with E-state index in [4.69, 9.17) is 16.0 Å². The predicted molar refractivity (Wildman–Crippen MR) is 113 cm³/mol. The van der Waals surface area contributed by atoms with Crippen LogP contribution in [0.25, 0.3) is 11.0 Å². The van der Waals surface area contributed by atoms with Gasteiger partial charge in [0.05, 0.1) is 6.61 Å². The van der Waals surface area contributed by atoms with E-state index < -0.39 is 43.4 Å². The van der Waals surface area contributed by atoms with Crippen molar-refractivity contribution in [3.05, 3.63) is 35.0 Å². The van der Waals surface area contributed by atoms with Crippen LogP contribution in [0.2, 0.25) is 5.02 Å². The Kier molecular flexibility index (Phi) is 8.40. The van der Waals surface area contributed by atoms with Crippen molar-refractivity contribution in [3.8, 4) is 0 Å². The molecule has 1 aromatic heterocycles. The summed E-state index contributed by atoms with van der Waals surface area (Å²) in [6, 6.07) is 6.27. The highest BCUT2D eigenvalue weighted by Crippen LogP contribution is 2.23. The first kappa shape index (κ1) is 26.1. The fourth-order valence-electron chi connectivity index (χ4n) is 3.24. The average Bonchev–Trinajstić information content (AvgIpc) is 3.23. The topological polar surface area (TPSA) is 139 Å². The lowest BCUT2D eigenvalue weighted by atomic mass is 10.0. The summed E-state index contributed by atoms with van der Waals surface area (Å²) in [7, 11) is 0. The van der Waals surface area contributed by atoms with Crippen LogP contribution in [-0.2, 0) is 19.1 Å². The monoisotopic (exact) mass is 520 g/mol. The fourth-order valence-corrected chi connectivity index (χ4v) is 3.42. The largest absolute Gasteiger partial charge is 0.522 e.